The summed E-state index contributed by atoms with van der Waals surface area (Å²) in [6.07, 6.45) is 3.82. The van der Waals surface area contributed by atoms with Crippen LogP contribution in [0.4, 0.5) is 0 Å². The maximum atomic E-state index is 12.7. The fourth-order valence-electron chi connectivity index (χ4n) is 3.30. The van der Waals surface area contributed by atoms with Gasteiger partial charge in [-0.05, 0) is 44.8 Å². The van der Waals surface area contributed by atoms with Crippen molar-refractivity contribution in [1.29, 1.82) is 0 Å². The van der Waals surface area contributed by atoms with E-state index in [9.17, 15) is 4.79 Å². The molecule has 0 aromatic carbocycles. The van der Waals surface area contributed by atoms with Crippen LogP contribution in [0.2, 0.25) is 0 Å². The summed E-state index contributed by atoms with van der Waals surface area (Å²) in [6.45, 7) is 7.81. The van der Waals surface area contributed by atoms with E-state index in [-0.39, 0.29) is 30.7 Å². The molecular formula is C17H27Cl2N5O. The lowest BCUT2D eigenvalue weighted by Crippen LogP contribution is -2.40. The number of aryl methyl sites for hydroxylation is 2. The van der Waals surface area contributed by atoms with E-state index in [2.05, 4.69) is 22.3 Å². The average Bonchev–Trinajstić information content (AvgIpc) is 2.86. The first kappa shape index (κ1) is 21.7. The third kappa shape index (κ3) is 4.63. The number of piperidine rings is 1. The van der Waals surface area contributed by atoms with Crippen LogP contribution in [0.25, 0.3) is 11.0 Å². The molecule has 0 bridgehead atoms. The SMILES string of the molecule is CCNCC1CCN(C(=O)c2cnc3c(c2)c(C)nn3C)CC1.Cl.Cl. The van der Waals surface area contributed by atoms with Gasteiger partial charge in [0.25, 0.3) is 5.91 Å². The van der Waals surface area contributed by atoms with E-state index < -0.39 is 0 Å². The molecule has 2 aromatic heterocycles. The Hall–Kier alpha value is -1.37. The molecule has 0 saturated carbocycles. The number of nitrogens with zero attached hydrogens (tertiary/aromatic N) is 4. The summed E-state index contributed by atoms with van der Waals surface area (Å²) in [5, 5.41) is 8.72. The zero-order valence-corrected chi connectivity index (χ0v) is 16.6. The van der Waals surface area contributed by atoms with E-state index in [1.165, 1.54) is 0 Å². The molecule has 1 aliphatic rings. The summed E-state index contributed by atoms with van der Waals surface area (Å²) in [5.41, 5.74) is 2.40. The summed E-state index contributed by atoms with van der Waals surface area (Å²) < 4.78 is 1.76. The lowest BCUT2D eigenvalue weighted by Gasteiger charge is -2.32. The monoisotopic (exact) mass is 387 g/mol. The van der Waals surface area contributed by atoms with E-state index in [4.69, 9.17) is 0 Å². The first-order valence-corrected chi connectivity index (χ1v) is 8.39. The Labute approximate surface area is 161 Å². The van der Waals surface area contributed by atoms with Crippen molar-refractivity contribution in [3.05, 3.63) is 23.5 Å². The molecule has 1 amide bonds. The predicted octanol–water partition coefficient (Wildman–Crippen LogP) is 2.58. The number of pyridine rings is 1. The summed E-state index contributed by atoms with van der Waals surface area (Å²) in [5.74, 6) is 0.768. The third-order valence-electron chi connectivity index (χ3n) is 4.69. The quantitative estimate of drug-likeness (QED) is 0.875. The van der Waals surface area contributed by atoms with Gasteiger partial charge in [-0.3, -0.25) is 9.48 Å². The highest BCUT2D eigenvalue weighted by Crippen LogP contribution is 2.21. The molecule has 1 N–H and O–H groups in total. The Morgan fingerprint density at radius 1 is 1.32 bits per heavy atom. The van der Waals surface area contributed by atoms with Crippen molar-refractivity contribution in [2.24, 2.45) is 13.0 Å². The number of carbonyl (C=O) groups is 1. The molecule has 25 heavy (non-hydrogen) atoms. The van der Waals surface area contributed by atoms with E-state index in [0.29, 0.717) is 11.5 Å². The zero-order valence-electron chi connectivity index (χ0n) is 15.0. The number of hydrogen-bond acceptors (Lipinski definition) is 4. The molecule has 1 aliphatic heterocycles. The molecule has 8 heteroatoms. The minimum absolute atomic E-state index is 0. The van der Waals surface area contributed by atoms with Gasteiger partial charge in [-0.15, -0.1) is 24.8 Å². The number of amides is 1. The second kappa shape index (κ2) is 9.36. The number of aromatic nitrogens is 3. The molecule has 0 aliphatic carbocycles. The van der Waals surface area contributed by atoms with Crippen LogP contribution in [-0.4, -0.2) is 51.8 Å². The summed E-state index contributed by atoms with van der Waals surface area (Å²) in [7, 11) is 1.87. The van der Waals surface area contributed by atoms with Crippen molar-refractivity contribution in [2.75, 3.05) is 26.2 Å². The zero-order chi connectivity index (χ0) is 16.4. The van der Waals surface area contributed by atoms with Crippen LogP contribution in [-0.2, 0) is 7.05 Å². The molecule has 1 fully saturated rings. The number of nitrogens with one attached hydrogen (secondary N) is 1. The Bertz CT molecular complexity index is 710. The second-order valence-corrected chi connectivity index (χ2v) is 6.35. The van der Waals surface area contributed by atoms with Crippen LogP contribution in [0.3, 0.4) is 0 Å². The van der Waals surface area contributed by atoms with Crippen LogP contribution < -0.4 is 5.32 Å². The molecule has 0 spiro atoms. The maximum Gasteiger partial charge on any atom is 0.255 e. The van der Waals surface area contributed by atoms with Gasteiger partial charge in [0.2, 0.25) is 0 Å². The highest BCUT2D eigenvalue weighted by Gasteiger charge is 2.24. The van der Waals surface area contributed by atoms with Gasteiger partial charge in [-0.25, -0.2) is 4.98 Å². The Morgan fingerprint density at radius 2 is 2.00 bits per heavy atom. The Kier molecular flexibility index (Phi) is 8.12. The van der Waals surface area contributed by atoms with Crippen LogP contribution in [0, 0.1) is 12.8 Å². The standard InChI is InChI=1S/C17H25N5O.2ClH/c1-4-18-10-13-5-7-22(8-6-13)17(23)14-9-15-12(2)20-21(3)16(15)19-11-14;;/h9,11,13,18H,4-8,10H2,1-3H3;2*1H. The lowest BCUT2D eigenvalue weighted by molar-refractivity contribution is 0.0690. The van der Waals surface area contributed by atoms with Gasteiger partial charge in [0.1, 0.15) is 0 Å². The molecule has 0 radical (unpaired) electrons. The predicted molar refractivity (Wildman–Crippen MR) is 105 cm³/mol. The molecular weight excluding hydrogens is 361 g/mol. The van der Waals surface area contributed by atoms with Crippen LogP contribution in [0.1, 0.15) is 35.8 Å². The normalized spacial score (nSPS) is 14.9. The molecule has 3 rings (SSSR count). The Morgan fingerprint density at radius 3 is 2.64 bits per heavy atom. The van der Waals surface area contributed by atoms with Crippen molar-refractivity contribution >= 4 is 41.8 Å². The molecule has 140 valence electrons. The number of carbonyl (C=O) groups excluding carboxylic acids is 1. The Balaban J connectivity index is 0.00000156. The van der Waals surface area contributed by atoms with Gasteiger partial charge in [-0.2, -0.15) is 5.10 Å². The number of hydrogen-bond donors (Lipinski definition) is 1. The van der Waals surface area contributed by atoms with Gasteiger partial charge < -0.3 is 10.2 Å². The molecule has 0 unspecified atom stereocenters. The number of halogens is 2. The van der Waals surface area contributed by atoms with Gasteiger partial charge in [-0.1, -0.05) is 6.92 Å². The number of likely N-dealkylation sites (tertiary alicyclic amines) is 1. The minimum Gasteiger partial charge on any atom is -0.339 e. The van der Waals surface area contributed by atoms with Crippen molar-refractivity contribution in [3.63, 3.8) is 0 Å². The van der Waals surface area contributed by atoms with Gasteiger partial charge in [0, 0.05) is 31.7 Å². The summed E-state index contributed by atoms with van der Waals surface area (Å²) in [4.78, 5) is 19.1. The average molecular weight is 388 g/mol. The van der Waals surface area contributed by atoms with Crippen molar-refractivity contribution in [3.8, 4) is 0 Å². The van der Waals surface area contributed by atoms with Gasteiger partial charge >= 0.3 is 0 Å². The highest BCUT2D eigenvalue weighted by molar-refractivity contribution is 5.97. The first-order valence-electron chi connectivity index (χ1n) is 8.39. The largest absolute Gasteiger partial charge is 0.339 e. The summed E-state index contributed by atoms with van der Waals surface area (Å²) >= 11 is 0. The van der Waals surface area contributed by atoms with Crippen LogP contribution in [0.5, 0.6) is 0 Å². The number of rotatable bonds is 4. The molecule has 3 heterocycles. The maximum absolute atomic E-state index is 12.7. The van der Waals surface area contributed by atoms with Gasteiger partial charge in [0.15, 0.2) is 5.65 Å². The van der Waals surface area contributed by atoms with E-state index in [1.807, 2.05) is 24.9 Å². The third-order valence-corrected chi connectivity index (χ3v) is 4.69. The fourth-order valence-corrected chi connectivity index (χ4v) is 3.30. The van der Waals surface area contributed by atoms with E-state index >= 15 is 0 Å². The first-order chi connectivity index (χ1) is 11.1. The molecule has 0 atom stereocenters. The lowest BCUT2D eigenvalue weighted by atomic mass is 9.96. The molecule has 6 nitrogen and oxygen atoms in total. The van der Waals surface area contributed by atoms with Crippen molar-refractivity contribution < 1.29 is 4.79 Å². The molecule has 2 aromatic rings. The molecule has 1 saturated heterocycles. The number of fused-ring (bicyclic) bond motifs is 1. The second-order valence-electron chi connectivity index (χ2n) is 6.35. The van der Waals surface area contributed by atoms with Crippen LogP contribution >= 0.6 is 24.8 Å². The smallest absolute Gasteiger partial charge is 0.255 e. The summed E-state index contributed by atoms with van der Waals surface area (Å²) in [6, 6.07) is 1.93. The van der Waals surface area contributed by atoms with E-state index in [0.717, 1.165) is 55.7 Å². The topological polar surface area (TPSA) is 63.1 Å². The van der Waals surface area contributed by atoms with Gasteiger partial charge in [0.05, 0.1) is 11.3 Å². The van der Waals surface area contributed by atoms with Crippen molar-refractivity contribution in [2.45, 2.75) is 26.7 Å². The van der Waals surface area contributed by atoms with Crippen LogP contribution in [0.15, 0.2) is 12.3 Å². The fraction of sp³-hybridized carbons (Fsp3) is 0.588. The highest BCUT2D eigenvalue weighted by atomic mass is 35.5. The van der Waals surface area contributed by atoms with Crippen molar-refractivity contribution in [1.82, 2.24) is 25.0 Å². The van der Waals surface area contributed by atoms with E-state index in [1.54, 1.807) is 10.9 Å². The minimum atomic E-state index is 0.